The van der Waals surface area contributed by atoms with Gasteiger partial charge in [-0.25, -0.2) is 9.98 Å². The van der Waals surface area contributed by atoms with Crippen molar-refractivity contribution in [3.05, 3.63) is 23.9 Å². The molecule has 1 aromatic rings. The van der Waals surface area contributed by atoms with E-state index in [9.17, 15) is 4.79 Å². The molecule has 1 atom stereocenters. The first kappa shape index (κ1) is 20.4. The van der Waals surface area contributed by atoms with E-state index in [0.29, 0.717) is 18.8 Å². The molecule has 28 heavy (non-hydrogen) atoms. The number of aromatic nitrogens is 1. The van der Waals surface area contributed by atoms with Gasteiger partial charge >= 0.3 is 0 Å². The van der Waals surface area contributed by atoms with Gasteiger partial charge in [0, 0.05) is 43.9 Å². The van der Waals surface area contributed by atoms with E-state index < -0.39 is 0 Å². The van der Waals surface area contributed by atoms with E-state index in [-0.39, 0.29) is 18.1 Å². The zero-order chi connectivity index (χ0) is 19.8. The highest BCUT2D eigenvalue weighted by atomic mass is 16.5. The Kier molecular flexibility index (Phi) is 7.51. The number of ether oxygens (including phenoxy) is 1. The number of nitrogens with zero attached hydrogens (tertiary/aromatic N) is 3. The van der Waals surface area contributed by atoms with Crippen molar-refractivity contribution in [2.75, 3.05) is 19.6 Å². The maximum Gasteiger partial charge on any atom is 0.222 e. The molecule has 2 fully saturated rings. The molecule has 1 amide bonds. The number of hydrogen-bond donors (Lipinski definition) is 2. The standard InChI is InChI=1S/C21H33N5O2/c1-3-19(27)26-13-11-17(15-26)25-21(22-4-2)24-14-16-8-7-12-23-20(16)28-18-9-5-6-10-18/h7-8,12,17-18H,3-6,9-11,13-15H2,1-2H3,(H2,22,24,25). The van der Waals surface area contributed by atoms with Crippen LogP contribution in [0, 0.1) is 0 Å². The summed E-state index contributed by atoms with van der Waals surface area (Å²) in [7, 11) is 0. The van der Waals surface area contributed by atoms with Crippen LogP contribution in [-0.2, 0) is 11.3 Å². The lowest BCUT2D eigenvalue weighted by Gasteiger charge is -2.19. The summed E-state index contributed by atoms with van der Waals surface area (Å²) >= 11 is 0. The van der Waals surface area contributed by atoms with E-state index >= 15 is 0 Å². The molecule has 1 unspecified atom stereocenters. The lowest BCUT2D eigenvalue weighted by molar-refractivity contribution is -0.129. The highest BCUT2D eigenvalue weighted by Gasteiger charge is 2.26. The third kappa shape index (κ3) is 5.59. The van der Waals surface area contributed by atoms with Gasteiger partial charge in [-0.2, -0.15) is 0 Å². The number of nitrogens with one attached hydrogen (secondary N) is 2. The van der Waals surface area contributed by atoms with E-state index in [2.05, 4.69) is 22.5 Å². The number of rotatable bonds is 7. The number of carbonyl (C=O) groups excluding carboxylic acids is 1. The monoisotopic (exact) mass is 387 g/mol. The first-order chi connectivity index (χ1) is 13.7. The Balaban J connectivity index is 1.61. The summed E-state index contributed by atoms with van der Waals surface area (Å²) in [6, 6.07) is 4.19. The van der Waals surface area contributed by atoms with Gasteiger partial charge in [-0.1, -0.05) is 13.0 Å². The molecule has 7 nitrogen and oxygen atoms in total. The maximum absolute atomic E-state index is 11.9. The molecule has 1 aliphatic heterocycles. The quantitative estimate of drug-likeness (QED) is 0.555. The minimum Gasteiger partial charge on any atom is -0.474 e. The number of aliphatic imine (C=N–C) groups is 1. The Hall–Kier alpha value is -2.31. The topological polar surface area (TPSA) is 78.9 Å². The third-order valence-corrected chi connectivity index (χ3v) is 5.37. The van der Waals surface area contributed by atoms with Crippen molar-refractivity contribution in [2.24, 2.45) is 4.99 Å². The van der Waals surface area contributed by atoms with Crippen LogP contribution < -0.4 is 15.4 Å². The molecular weight excluding hydrogens is 354 g/mol. The van der Waals surface area contributed by atoms with Gasteiger partial charge < -0.3 is 20.3 Å². The molecule has 2 N–H and O–H groups in total. The van der Waals surface area contributed by atoms with Crippen LogP contribution in [-0.4, -0.2) is 53.5 Å². The van der Waals surface area contributed by atoms with Crippen LogP contribution >= 0.6 is 0 Å². The van der Waals surface area contributed by atoms with Crippen molar-refractivity contribution >= 4 is 11.9 Å². The zero-order valence-electron chi connectivity index (χ0n) is 17.1. The van der Waals surface area contributed by atoms with Crippen molar-refractivity contribution in [3.8, 4) is 5.88 Å². The second kappa shape index (κ2) is 10.3. The smallest absolute Gasteiger partial charge is 0.222 e. The number of carbonyl (C=O) groups is 1. The van der Waals surface area contributed by atoms with Crippen molar-refractivity contribution in [1.82, 2.24) is 20.5 Å². The van der Waals surface area contributed by atoms with Crippen LogP contribution in [0.1, 0.15) is 57.9 Å². The van der Waals surface area contributed by atoms with E-state index in [1.807, 2.05) is 24.0 Å². The molecule has 154 valence electrons. The highest BCUT2D eigenvalue weighted by molar-refractivity contribution is 5.80. The number of pyridine rings is 1. The molecule has 0 bridgehead atoms. The zero-order valence-corrected chi connectivity index (χ0v) is 17.1. The van der Waals surface area contributed by atoms with Gasteiger partial charge in [0.1, 0.15) is 6.10 Å². The molecule has 2 heterocycles. The Morgan fingerprint density at radius 2 is 2.14 bits per heavy atom. The molecule has 3 rings (SSSR count). The van der Waals surface area contributed by atoms with Gasteiger partial charge in [0.05, 0.1) is 6.54 Å². The number of guanidine groups is 1. The summed E-state index contributed by atoms with van der Waals surface area (Å²) in [4.78, 5) is 23.0. The first-order valence-electron chi connectivity index (χ1n) is 10.6. The predicted molar refractivity (Wildman–Crippen MR) is 110 cm³/mol. The van der Waals surface area contributed by atoms with Crippen molar-refractivity contribution < 1.29 is 9.53 Å². The van der Waals surface area contributed by atoms with Crippen LogP contribution in [0.3, 0.4) is 0 Å². The number of hydrogen-bond acceptors (Lipinski definition) is 4. The van der Waals surface area contributed by atoms with Gasteiger partial charge in [0.2, 0.25) is 11.8 Å². The molecule has 1 aliphatic carbocycles. The largest absolute Gasteiger partial charge is 0.474 e. The molecule has 7 heteroatoms. The van der Waals surface area contributed by atoms with E-state index in [1.54, 1.807) is 6.20 Å². The van der Waals surface area contributed by atoms with E-state index in [0.717, 1.165) is 50.4 Å². The SMILES string of the molecule is CCNC(=NCc1cccnc1OC1CCCC1)NC1CCN(C(=O)CC)C1. The van der Waals surface area contributed by atoms with E-state index in [1.165, 1.54) is 12.8 Å². The second-order valence-corrected chi connectivity index (χ2v) is 7.51. The highest BCUT2D eigenvalue weighted by Crippen LogP contribution is 2.25. The van der Waals surface area contributed by atoms with Crippen LogP contribution in [0.15, 0.2) is 23.3 Å². The maximum atomic E-state index is 11.9. The van der Waals surface area contributed by atoms with Gasteiger partial charge in [0.25, 0.3) is 0 Å². The fourth-order valence-electron chi connectivity index (χ4n) is 3.82. The minimum absolute atomic E-state index is 0.218. The Labute approximate surface area is 168 Å². The number of amides is 1. The van der Waals surface area contributed by atoms with Gasteiger partial charge in [-0.3, -0.25) is 4.79 Å². The molecule has 0 spiro atoms. The Bertz CT molecular complexity index is 673. The summed E-state index contributed by atoms with van der Waals surface area (Å²) in [6.45, 7) is 6.81. The number of likely N-dealkylation sites (tertiary alicyclic amines) is 1. The summed E-state index contributed by atoms with van der Waals surface area (Å²) in [6.07, 6.45) is 8.25. The van der Waals surface area contributed by atoms with Crippen LogP contribution in [0.2, 0.25) is 0 Å². The molecular formula is C21H33N5O2. The summed E-state index contributed by atoms with van der Waals surface area (Å²) < 4.78 is 6.12. The van der Waals surface area contributed by atoms with Crippen molar-refractivity contribution in [2.45, 2.75) is 71.1 Å². The molecule has 2 aliphatic rings. The molecule has 0 radical (unpaired) electrons. The average Bonchev–Trinajstić information content (AvgIpc) is 3.39. The third-order valence-electron chi connectivity index (χ3n) is 5.37. The van der Waals surface area contributed by atoms with Gasteiger partial charge in [0.15, 0.2) is 5.96 Å². The summed E-state index contributed by atoms with van der Waals surface area (Å²) in [5.41, 5.74) is 1.00. The minimum atomic E-state index is 0.218. The lowest BCUT2D eigenvalue weighted by Crippen LogP contribution is -2.45. The van der Waals surface area contributed by atoms with Gasteiger partial charge in [-0.15, -0.1) is 0 Å². The summed E-state index contributed by atoms with van der Waals surface area (Å²) in [5, 5.41) is 6.78. The second-order valence-electron chi connectivity index (χ2n) is 7.51. The molecule has 1 saturated carbocycles. The lowest BCUT2D eigenvalue weighted by atomic mass is 10.2. The molecule has 1 aromatic heterocycles. The van der Waals surface area contributed by atoms with Gasteiger partial charge in [-0.05, 0) is 45.1 Å². The normalized spacial score (nSPS) is 20.4. The first-order valence-corrected chi connectivity index (χ1v) is 10.6. The average molecular weight is 388 g/mol. The Morgan fingerprint density at radius 3 is 2.89 bits per heavy atom. The molecule has 0 aromatic carbocycles. The van der Waals surface area contributed by atoms with Crippen molar-refractivity contribution in [1.29, 1.82) is 0 Å². The van der Waals surface area contributed by atoms with Crippen molar-refractivity contribution in [3.63, 3.8) is 0 Å². The fraction of sp³-hybridized carbons (Fsp3) is 0.667. The fourth-order valence-corrected chi connectivity index (χ4v) is 3.82. The predicted octanol–water partition coefficient (Wildman–Crippen LogP) is 2.47. The molecule has 1 saturated heterocycles. The summed E-state index contributed by atoms with van der Waals surface area (Å²) in [5.74, 6) is 1.69. The van der Waals surface area contributed by atoms with Crippen LogP contribution in [0.5, 0.6) is 5.88 Å². The van der Waals surface area contributed by atoms with E-state index in [4.69, 9.17) is 9.73 Å². The Morgan fingerprint density at radius 1 is 1.32 bits per heavy atom. The van der Waals surface area contributed by atoms with Crippen LogP contribution in [0.4, 0.5) is 0 Å². The van der Waals surface area contributed by atoms with Crippen LogP contribution in [0.25, 0.3) is 0 Å².